The second-order valence-corrected chi connectivity index (χ2v) is 4.77. The van der Waals surface area contributed by atoms with Gasteiger partial charge in [-0.3, -0.25) is 0 Å². The zero-order chi connectivity index (χ0) is 13.9. The van der Waals surface area contributed by atoms with E-state index in [-0.39, 0.29) is 6.54 Å². The second kappa shape index (κ2) is 5.99. The minimum Gasteiger partial charge on any atom is -0.320 e. The molecule has 1 unspecified atom stereocenters. The Bertz CT molecular complexity index is 421. The van der Waals surface area contributed by atoms with Gasteiger partial charge in [0.25, 0.3) is 0 Å². The molecule has 0 aliphatic rings. The molecular weight excluding hydrogens is 288 g/mol. The van der Waals surface area contributed by atoms with Crippen LogP contribution in [0.4, 0.5) is 18.9 Å². The third kappa shape index (κ3) is 3.93. The lowest BCUT2D eigenvalue weighted by molar-refractivity contribution is -0.167. The number of hydrazine groups is 1. The molecule has 1 aromatic carbocycles. The maximum atomic E-state index is 12.3. The Morgan fingerprint density at radius 3 is 2.44 bits per heavy atom. The fourth-order valence-corrected chi connectivity index (χ4v) is 1.59. The van der Waals surface area contributed by atoms with Crippen molar-refractivity contribution in [3.05, 3.63) is 27.7 Å². The molecule has 0 amide bonds. The lowest BCUT2D eigenvalue weighted by Gasteiger charge is -2.18. The van der Waals surface area contributed by atoms with E-state index in [1.807, 2.05) is 0 Å². The van der Waals surface area contributed by atoms with E-state index < -0.39 is 12.1 Å². The van der Waals surface area contributed by atoms with E-state index in [2.05, 4.69) is 10.9 Å². The molecule has 0 spiro atoms. The van der Waals surface area contributed by atoms with Crippen LogP contribution >= 0.6 is 23.2 Å². The van der Waals surface area contributed by atoms with Gasteiger partial charge in [0.2, 0.25) is 0 Å². The monoisotopic (exact) mass is 300 g/mol. The summed E-state index contributed by atoms with van der Waals surface area (Å²) in [6.07, 6.45) is -4.21. The van der Waals surface area contributed by atoms with Crippen molar-refractivity contribution in [2.24, 2.45) is 5.92 Å². The molecule has 0 fully saturated rings. The van der Waals surface area contributed by atoms with Gasteiger partial charge in [0.15, 0.2) is 0 Å². The van der Waals surface area contributed by atoms with E-state index in [9.17, 15) is 13.2 Å². The summed E-state index contributed by atoms with van der Waals surface area (Å²) in [5, 5.41) is 0.892. The summed E-state index contributed by atoms with van der Waals surface area (Å²) in [6, 6.07) is 3.23. The van der Waals surface area contributed by atoms with Gasteiger partial charge in [0.05, 0.1) is 16.6 Å². The molecule has 2 N–H and O–H groups in total. The van der Waals surface area contributed by atoms with Crippen molar-refractivity contribution in [3.63, 3.8) is 0 Å². The molecule has 0 aliphatic carbocycles. The van der Waals surface area contributed by atoms with Gasteiger partial charge in [0, 0.05) is 11.6 Å². The van der Waals surface area contributed by atoms with Gasteiger partial charge in [-0.05, 0) is 24.6 Å². The summed E-state index contributed by atoms with van der Waals surface area (Å²) in [4.78, 5) is 0. The molecule has 2 nitrogen and oxygen atoms in total. The predicted octanol–water partition coefficient (Wildman–Crippen LogP) is 4.42. The molecule has 0 saturated heterocycles. The fourth-order valence-electron chi connectivity index (χ4n) is 1.17. The lowest BCUT2D eigenvalue weighted by atomic mass is 10.2. The average molecular weight is 301 g/mol. The minimum atomic E-state index is -4.21. The van der Waals surface area contributed by atoms with Crippen LogP contribution in [0.1, 0.15) is 12.5 Å². The van der Waals surface area contributed by atoms with E-state index in [0.29, 0.717) is 21.3 Å². The van der Waals surface area contributed by atoms with E-state index >= 15 is 0 Å². The number of hydrogen-bond donors (Lipinski definition) is 2. The molecule has 0 bridgehead atoms. The van der Waals surface area contributed by atoms with Crippen LogP contribution in [0, 0.1) is 12.8 Å². The van der Waals surface area contributed by atoms with Crippen molar-refractivity contribution in [3.8, 4) is 0 Å². The third-order valence-corrected chi connectivity index (χ3v) is 3.41. The topological polar surface area (TPSA) is 24.1 Å². The van der Waals surface area contributed by atoms with Crippen molar-refractivity contribution >= 4 is 28.9 Å². The molecule has 7 heteroatoms. The summed E-state index contributed by atoms with van der Waals surface area (Å²) < 4.78 is 36.8. The second-order valence-electron chi connectivity index (χ2n) is 3.98. The van der Waals surface area contributed by atoms with Gasteiger partial charge in [-0.25, -0.2) is 5.43 Å². The van der Waals surface area contributed by atoms with E-state index in [1.165, 1.54) is 0 Å². The van der Waals surface area contributed by atoms with E-state index in [4.69, 9.17) is 23.2 Å². The molecule has 1 atom stereocenters. The number of benzene rings is 1. The van der Waals surface area contributed by atoms with Crippen LogP contribution in [0.3, 0.4) is 0 Å². The molecule has 1 aromatic rings. The highest BCUT2D eigenvalue weighted by molar-refractivity contribution is 6.37. The normalized spacial score (nSPS) is 13.5. The Morgan fingerprint density at radius 2 is 1.89 bits per heavy atom. The van der Waals surface area contributed by atoms with Gasteiger partial charge >= 0.3 is 6.18 Å². The smallest absolute Gasteiger partial charge is 0.320 e. The molecule has 18 heavy (non-hydrogen) atoms. The number of halogens is 5. The van der Waals surface area contributed by atoms with Crippen molar-refractivity contribution in [2.75, 3.05) is 12.0 Å². The maximum Gasteiger partial charge on any atom is 0.392 e. The van der Waals surface area contributed by atoms with Crippen molar-refractivity contribution in [1.29, 1.82) is 0 Å². The van der Waals surface area contributed by atoms with Gasteiger partial charge in [-0.1, -0.05) is 30.1 Å². The van der Waals surface area contributed by atoms with Crippen LogP contribution in [-0.4, -0.2) is 12.7 Å². The number of anilines is 1. The van der Waals surface area contributed by atoms with Crippen LogP contribution < -0.4 is 10.9 Å². The highest BCUT2D eigenvalue weighted by Gasteiger charge is 2.35. The van der Waals surface area contributed by atoms with Crippen LogP contribution in [0.5, 0.6) is 0 Å². The first-order valence-corrected chi connectivity index (χ1v) is 5.99. The van der Waals surface area contributed by atoms with Gasteiger partial charge < -0.3 is 5.43 Å². The molecule has 0 aliphatic heterocycles. The summed E-state index contributed by atoms with van der Waals surface area (Å²) >= 11 is 11.8. The van der Waals surface area contributed by atoms with Gasteiger partial charge in [-0.2, -0.15) is 13.2 Å². The van der Waals surface area contributed by atoms with E-state index in [1.54, 1.807) is 19.1 Å². The predicted molar refractivity (Wildman–Crippen MR) is 68.0 cm³/mol. The van der Waals surface area contributed by atoms with Crippen LogP contribution in [-0.2, 0) is 0 Å². The summed E-state index contributed by atoms with van der Waals surface area (Å²) in [5.41, 5.74) is 6.31. The Morgan fingerprint density at radius 1 is 1.28 bits per heavy atom. The molecule has 102 valence electrons. The Kier molecular flexibility index (Phi) is 5.13. The molecule has 0 saturated carbocycles. The first kappa shape index (κ1) is 15.4. The molecular formula is C11H13Cl2F3N2. The van der Waals surface area contributed by atoms with Crippen molar-refractivity contribution < 1.29 is 13.2 Å². The largest absolute Gasteiger partial charge is 0.392 e. The molecule has 0 heterocycles. The zero-order valence-corrected chi connectivity index (χ0v) is 11.3. The Hall–Kier alpha value is -0.650. The Labute approximate surface area is 113 Å². The van der Waals surface area contributed by atoms with Crippen LogP contribution in [0.2, 0.25) is 10.0 Å². The Balaban J connectivity index is 2.58. The quantitative estimate of drug-likeness (QED) is 0.805. The standard InChI is InChI=1S/C11H13Cl2F3N2/c1-6(11(14,15)16)5-17-18-9-4-3-8(12)7(2)10(9)13/h3-4,6,17-18H,5H2,1-2H3. The highest BCUT2D eigenvalue weighted by atomic mass is 35.5. The number of alkyl halides is 3. The molecule has 0 aromatic heterocycles. The lowest BCUT2D eigenvalue weighted by Crippen LogP contribution is -2.34. The molecule has 1 rings (SSSR count). The maximum absolute atomic E-state index is 12.3. The van der Waals surface area contributed by atoms with Crippen LogP contribution in [0.25, 0.3) is 0 Å². The average Bonchev–Trinajstić information content (AvgIpc) is 2.27. The fraction of sp³-hybridized carbons (Fsp3) is 0.455. The van der Waals surface area contributed by atoms with Crippen molar-refractivity contribution in [2.45, 2.75) is 20.0 Å². The number of rotatable bonds is 4. The van der Waals surface area contributed by atoms with Gasteiger partial charge in [0.1, 0.15) is 0 Å². The van der Waals surface area contributed by atoms with Crippen molar-refractivity contribution in [1.82, 2.24) is 5.43 Å². The van der Waals surface area contributed by atoms with Gasteiger partial charge in [-0.15, -0.1) is 0 Å². The molecule has 0 radical (unpaired) electrons. The zero-order valence-electron chi connectivity index (χ0n) is 9.83. The summed E-state index contributed by atoms with van der Waals surface area (Å²) in [6.45, 7) is 2.58. The SMILES string of the molecule is Cc1c(Cl)ccc(NNCC(C)C(F)(F)F)c1Cl. The highest BCUT2D eigenvalue weighted by Crippen LogP contribution is 2.30. The summed E-state index contributed by atoms with van der Waals surface area (Å²) in [5.74, 6) is -1.45. The van der Waals surface area contributed by atoms with E-state index in [0.717, 1.165) is 6.92 Å². The summed E-state index contributed by atoms with van der Waals surface area (Å²) in [7, 11) is 0. The first-order valence-electron chi connectivity index (χ1n) is 5.23. The minimum absolute atomic E-state index is 0.249. The first-order chi connectivity index (χ1) is 8.23. The third-order valence-electron chi connectivity index (χ3n) is 2.51. The van der Waals surface area contributed by atoms with Crippen LogP contribution in [0.15, 0.2) is 12.1 Å². The number of hydrogen-bond acceptors (Lipinski definition) is 2. The number of nitrogens with one attached hydrogen (secondary N) is 2.